The van der Waals surface area contributed by atoms with Gasteiger partial charge in [0, 0.05) is 17.8 Å². The largest absolute Gasteiger partial charge is 0.299 e. The molecular weight excluding hydrogens is 340 g/mol. The van der Waals surface area contributed by atoms with Crippen LogP contribution in [-0.4, -0.2) is 5.78 Å². The predicted octanol–water partition coefficient (Wildman–Crippen LogP) is 5.68. The van der Waals surface area contributed by atoms with Gasteiger partial charge >= 0.3 is 0 Å². The average molecular weight is 367 g/mol. The van der Waals surface area contributed by atoms with E-state index in [1.807, 2.05) is 0 Å². The van der Waals surface area contributed by atoms with E-state index < -0.39 is 0 Å². The van der Waals surface area contributed by atoms with E-state index in [1.54, 1.807) is 0 Å². The van der Waals surface area contributed by atoms with Gasteiger partial charge in [-0.05, 0) is 59.7 Å². The van der Waals surface area contributed by atoms with Crippen molar-refractivity contribution in [2.45, 2.75) is 19.3 Å². The predicted molar refractivity (Wildman–Crippen MR) is 113 cm³/mol. The van der Waals surface area contributed by atoms with Crippen LogP contribution in [0.15, 0.2) is 95.7 Å². The van der Waals surface area contributed by atoms with Gasteiger partial charge in [0.05, 0.1) is 0 Å². The quantitative estimate of drug-likeness (QED) is 0.614. The summed E-state index contributed by atoms with van der Waals surface area (Å²) in [6.07, 6.45) is 33.2. The van der Waals surface area contributed by atoms with Crippen molar-refractivity contribution in [3.05, 3.63) is 95.7 Å². The lowest BCUT2D eigenvalue weighted by molar-refractivity contribution is -0.122. The van der Waals surface area contributed by atoms with E-state index in [2.05, 4.69) is 79.0 Å². The number of fused-ring (bicyclic) bond motifs is 8. The van der Waals surface area contributed by atoms with E-state index in [0.717, 1.165) is 19.3 Å². The summed E-state index contributed by atoms with van der Waals surface area (Å²) in [5.74, 6) is 2.90. The lowest BCUT2D eigenvalue weighted by Gasteiger charge is -2.39. The Morgan fingerprint density at radius 2 is 1.54 bits per heavy atom. The molecule has 140 valence electrons. The zero-order chi connectivity index (χ0) is 18.7. The normalized spacial score (nSPS) is 42.2. The molecule has 0 radical (unpaired) electrons. The molecule has 1 heteroatoms. The Balaban J connectivity index is 1.31. The van der Waals surface area contributed by atoms with Crippen LogP contribution < -0.4 is 0 Å². The maximum Gasteiger partial charge on any atom is 0.141 e. The summed E-state index contributed by atoms with van der Waals surface area (Å²) in [4.78, 5) is 13.3. The molecular formula is C27H26O. The van der Waals surface area contributed by atoms with Crippen LogP contribution in [0.2, 0.25) is 0 Å². The van der Waals surface area contributed by atoms with E-state index in [1.165, 1.54) is 16.7 Å². The minimum atomic E-state index is 0.170. The maximum atomic E-state index is 13.3. The van der Waals surface area contributed by atoms with Crippen LogP contribution in [-0.2, 0) is 4.79 Å². The smallest absolute Gasteiger partial charge is 0.141 e. The van der Waals surface area contributed by atoms with Gasteiger partial charge in [-0.3, -0.25) is 4.79 Å². The number of allylic oxidation sites excluding steroid dienone is 16. The summed E-state index contributed by atoms with van der Waals surface area (Å²) in [6, 6.07) is 0. The van der Waals surface area contributed by atoms with Crippen molar-refractivity contribution in [1.82, 2.24) is 0 Å². The van der Waals surface area contributed by atoms with Gasteiger partial charge in [-0.1, -0.05) is 79.0 Å². The van der Waals surface area contributed by atoms with Gasteiger partial charge in [0.2, 0.25) is 0 Å². The van der Waals surface area contributed by atoms with E-state index in [4.69, 9.17) is 0 Å². The van der Waals surface area contributed by atoms with Crippen molar-refractivity contribution in [2.75, 3.05) is 0 Å². The Labute approximate surface area is 167 Å². The third kappa shape index (κ3) is 2.35. The molecule has 6 aliphatic carbocycles. The Bertz CT molecular complexity index is 960. The second-order valence-electron chi connectivity index (χ2n) is 9.06. The number of ketones is 1. The Hall–Kier alpha value is -2.41. The minimum Gasteiger partial charge on any atom is -0.299 e. The number of carbonyl (C=O) groups excluding carboxylic acids is 1. The lowest BCUT2D eigenvalue weighted by atomic mass is 9.64. The third-order valence-electron chi connectivity index (χ3n) is 7.71. The van der Waals surface area contributed by atoms with Gasteiger partial charge in [0.1, 0.15) is 5.78 Å². The topological polar surface area (TPSA) is 17.1 Å². The SMILES string of the molecule is O=C1[C@@H]2C3C=CC(C4C=CC=CC4)=CC3[C@H]1C1C=CC(C3=CCCC=C3)=CC12. The van der Waals surface area contributed by atoms with Crippen molar-refractivity contribution < 1.29 is 4.79 Å². The van der Waals surface area contributed by atoms with E-state index in [0.29, 0.717) is 35.4 Å². The van der Waals surface area contributed by atoms with Crippen molar-refractivity contribution in [2.24, 2.45) is 41.4 Å². The average Bonchev–Trinajstić information content (AvgIpc) is 3.22. The number of rotatable bonds is 2. The molecule has 1 nitrogen and oxygen atoms in total. The molecule has 0 aromatic carbocycles. The fraction of sp³-hybridized carbons (Fsp3) is 0.370. The number of hydrogen-bond donors (Lipinski definition) is 0. The van der Waals surface area contributed by atoms with Crippen LogP contribution in [0, 0.1) is 41.4 Å². The first-order valence-electron chi connectivity index (χ1n) is 10.9. The molecule has 5 unspecified atom stereocenters. The Morgan fingerprint density at radius 1 is 0.714 bits per heavy atom. The highest BCUT2D eigenvalue weighted by atomic mass is 16.1. The summed E-state index contributed by atoms with van der Waals surface area (Å²) >= 11 is 0. The van der Waals surface area contributed by atoms with Crippen LogP contribution in [0.4, 0.5) is 0 Å². The highest BCUT2D eigenvalue weighted by Gasteiger charge is 2.61. The van der Waals surface area contributed by atoms with Crippen LogP contribution in [0.25, 0.3) is 0 Å². The van der Waals surface area contributed by atoms with Gasteiger partial charge in [-0.15, -0.1) is 0 Å². The molecule has 0 aromatic heterocycles. The number of Topliss-reactive ketones (excluding diaryl/α,β-unsaturated/α-hetero) is 1. The second-order valence-corrected chi connectivity index (χ2v) is 9.06. The molecule has 0 aliphatic heterocycles. The van der Waals surface area contributed by atoms with Gasteiger partial charge in [-0.25, -0.2) is 0 Å². The summed E-state index contributed by atoms with van der Waals surface area (Å²) in [5.41, 5.74) is 4.07. The molecule has 6 rings (SSSR count). The molecule has 0 heterocycles. The van der Waals surface area contributed by atoms with E-state index in [-0.39, 0.29) is 11.8 Å². The van der Waals surface area contributed by atoms with E-state index >= 15 is 0 Å². The Kier molecular flexibility index (Phi) is 3.72. The third-order valence-corrected chi connectivity index (χ3v) is 7.71. The van der Waals surface area contributed by atoms with Gasteiger partial charge in [0.15, 0.2) is 0 Å². The standard InChI is InChI=1S/C27H26O/c28-27-25-22-14-12-20(18-9-5-2-6-10-18)16-24(22)26(27)21-13-11-19(15-23(21)25)17-7-3-1-4-8-17/h1,3-5,7,9-17,21-26H,2,6,8H2/t17?,21?,22?,23?,24?,25-,26-/m1/s1. The minimum absolute atomic E-state index is 0.170. The van der Waals surface area contributed by atoms with Crippen molar-refractivity contribution in [1.29, 1.82) is 0 Å². The molecule has 2 saturated carbocycles. The molecule has 7 atom stereocenters. The molecule has 28 heavy (non-hydrogen) atoms. The van der Waals surface area contributed by atoms with Crippen molar-refractivity contribution in [3.8, 4) is 0 Å². The van der Waals surface area contributed by atoms with E-state index in [9.17, 15) is 4.79 Å². The molecule has 2 bridgehead atoms. The first-order chi connectivity index (χ1) is 13.8. The number of carbonyl (C=O) groups is 1. The first kappa shape index (κ1) is 16.5. The summed E-state index contributed by atoms with van der Waals surface area (Å²) < 4.78 is 0. The van der Waals surface area contributed by atoms with Crippen LogP contribution in [0.5, 0.6) is 0 Å². The van der Waals surface area contributed by atoms with Gasteiger partial charge < -0.3 is 0 Å². The van der Waals surface area contributed by atoms with Crippen LogP contribution in [0.1, 0.15) is 19.3 Å². The monoisotopic (exact) mass is 366 g/mol. The zero-order valence-electron chi connectivity index (χ0n) is 16.1. The highest BCUT2D eigenvalue weighted by molar-refractivity contribution is 5.91. The van der Waals surface area contributed by atoms with Crippen molar-refractivity contribution in [3.63, 3.8) is 0 Å². The fourth-order valence-electron chi connectivity index (χ4n) is 6.45. The lowest BCUT2D eigenvalue weighted by Crippen LogP contribution is -2.34. The molecule has 6 aliphatic rings. The summed E-state index contributed by atoms with van der Waals surface area (Å²) in [5, 5.41) is 0. The number of hydrogen-bond acceptors (Lipinski definition) is 1. The fourth-order valence-corrected chi connectivity index (χ4v) is 6.45. The molecule has 0 aromatic rings. The Morgan fingerprint density at radius 3 is 2.29 bits per heavy atom. The molecule has 2 fully saturated rings. The van der Waals surface area contributed by atoms with Crippen LogP contribution in [0.3, 0.4) is 0 Å². The molecule has 0 amide bonds. The highest BCUT2D eigenvalue weighted by Crippen LogP contribution is 2.60. The molecule has 0 N–H and O–H groups in total. The van der Waals surface area contributed by atoms with Crippen LogP contribution >= 0.6 is 0 Å². The summed E-state index contributed by atoms with van der Waals surface area (Å²) in [7, 11) is 0. The zero-order valence-corrected chi connectivity index (χ0v) is 16.1. The first-order valence-corrected chi connectivity index (χ1v) is 10.9. The van der Waals surface area contributed by atoms with Crippen molar-refractivity contribution >= 4 is 5.78 Å². The summed E-state index contributed by atoms with van der Waals surface area (Å²) in [6.45, 7) is 0. The maximum absolute atomic E-state index is 13.3. The second kappa shape index (κ2) is 6.30. The molecule has 0 saturated heterocycles. The van der Waals surface area contributed by atoms with Gasteiger partial charge in [0.25, 0.3) is 0 Å². The molecule has 0 spiro atoms. The van der Waals surface area contributed by atoms with Gasteiger partial charge in [-0.2, -0.15) is 0 Å².